The number of hydrogen-bond acceptors (Lipinski definition) is 5. The highest BCUT2D eigenvalue weighted by Gasteiger charge is 2.16. The number of rotatable bonds is 4. The van der Waals surface area contributed by atoms with Gasteiger partial charge in [-0.1, -0.05) is 48.5 Å². The molecule has 6 nitrogen and oxygen atoms in total. The smallest absolute Gasteiger partial charge is 0.272 e. The molecule has 7 heteroatoms. The maximum Gasteiger partial charge on any atom is 0.272 e. The van der Waals surface area contributed by atoms with Crippen LogP contribution in [-0.4, -0.2) is 23.9 Å². The number of fused-ring (bicyclic) bond motifs is 2. The van der Waals surface area contributed by atoms with Crippen LogP contribution in [-0.2, 0) is 0 Å². The summed E-state index contributed by atoms with van der Waals surface area (Å²) in [5.41, 5.74) is 6.30. The number of carbonyl (C=O) groups excluding carboxylic acids is 1. The summed E-state index contributed by atoms with van der Waals surface area (Å²) in [4.78, 5) is 17.7. The Morgan fingerprint density at radius 1 is 1.00 bits per heavy atom. The Balaban J connectivity index is 1.45. The minimum atomic E-state index is -0.316. The van der Waals surface area contributed by atoms with Gasteiger partial charge >= 0.3 is 0 Å². The Bertz CT molecular complexity index is 1320. The zero-order valence-electron chi connectivity index (χ0n) is 16.2. The van der Waals surface area contributed by atoms with Crippen molar-refractivity contribution in [3.05, 3.63) is 88.4 Å². The molecule has 0 bridgehead atoms. The number of amides is 1. The Labute approximate surface area is 186 Å². The van der Waals surface area contributed by atoms with E-state index in [1.165, 1.54) is 0 Å². The van der Waals surface area contributed by atoms with Crippen molar-refractivity contribution in [1.82, 2.24) is 10.4 Å². The average Bonchev–Trinajstić information content (AvgIpc) is 3.26. The standard InChI is InChI=1S/C24H16BrN3O3/c25-19-12-23-22(30-14-31-23)10-16(19)13-26-28-24(29)18-11-21(15-6-2-1-3-7-15)27-20-9-5-4-8-17(18)20/h1-13H,14H2,(H,28,29)/b26-13-. The summed E-state index contributed by atoms with van der Waals surface area (Å²) in [6.07, 6.45) is 1.56. The third-order valence-corrected chi connectivity index (χ3v) is 5.58. The fourth-order valence-corrected chi connectivity index (χ4v) is 3.80. The number of hydrogen-bond donors (Lipinski definition) is 1. The number of hydrazone groups is 1. The average molecular weight is 474 g/mol. The van der Waals surface area contributed by atoms with E-state index < -0.39 is 0 Å². The molecule has 0 radical (unpaired) electrons. The lowest BCUT2D eigenvalue weighted by Gasteiger charge is -2.09. The van der Waals surface area contributed by atoms with Gasteiger partial charge in [0, 0.05) is 21.0 Å². The molecule has 0 unspecified atom stereocenters. The Morgan fingerprint density at radius 2 is 1.74 bits per heavy atom. The van der Waals surface area contributed by atoms with Crippen molar-refractivity contribution in [3.63, 3.8) is 0 Å². The fourth-order valence-electron chi connectivity index (χ4n) is 3.37. The van der Waals surface area contributed by atoms with Crippen LogP contribution in [0.15, 0.2) is 82.4 Å². The third kappa shape index (κ3) is 3.87. The van der Waals surface area contributed by atoms with Crippen LogP contribution in [0, 0.1) is 0 Å². The van der Waals surface area contributed by atoms with Crippen LogP contribution < -0.4 is 14.9 Å². The predicted octanol–water partition coefficient (Wildman–Crippen LogP) is 5.16. The first-order valence-electron chi connectivity index (χ1n) is 9.57. The summed E-state index contributed by atoms with van der Waals surface area (Å²) in [5, 5.41) is 4.91. The SMILES string of the molecule is O=C(N/N=C\c1cc2c(cc1Br)OCO2)c1cc(-c2ccccc2)nc2ccccc12. The first-order valence-corrected chi connectivity index (χ1v) is 10.4. The van der Waals surface area contributed by atoms with Gasteiger partial charge in [0.2, 0.25) is 6.79 Å². The lowest BCUT2D eigenvalue weighted by molar-refractivity contribution is 0.0956. The molecule has 1 aliphatic heterocycles. The number of pyridine rings is 1. The molecular weight excluding hydrogens is 458 g/mol. The van der Waals surface area contributed by atoms with Crippen LogP contribution in [0.4, 0.5) is 0 Å². The molecule has 31 heavy (non-hydrogen) atoms. The highest BCUT2D eigenvalue weighted by atomic mass is 79.9. The number of benzene rings is 3. The lowest BCUT2D eigenvalue weighted by atomic mass is 10.0. The molecule has 0 aliphatic carbocycles. The van der Waals surface area contributed by atoms with Gasteiger partial charge in [0.15, 0.2) is 11.5 Å². The number of halogens is 1. The van der Waals surface area contributed by atoms with E-state index in [1.54, 1.807) is 18.3 Å². The minimum absolute atomic E-state index is 0.192. The third-order valence-electron chi connectivity index (χ3n) is 4.89. The number of nitrogens with zero attached hydrogens (tertiary/aromatic N) is 2. The van der Waals surface area contributed by atoms with E-state index in [9.17, 15) is 4.79 Å². The molecular formula is C24H16BrN3O3. The molecule has 4 aromatic rings. The molecule has 0 saturated carbocycles. The normalized spacial score (nSPS) is 12.4. The van der Waals surface area contributed by atoms with Crippen LogP contribution in [0.3, 0.4) is 0 Å². The van der Waals surface area contributed by atoms with E-state index in [1.807, 2.05) is 60.7 Å². The van der Waals surface area contributed by atoms with Crippen molar-refractivity contribution in [3.8, 4) is 22.8 Å². The molecule has 2 heterocycles. The van der Waals surface area contributed by atoms with Gasteiger partial charge in [-0.05, 0) is 40.2 Å². The lowest BCUT2D eigenvalue weighted by Crippen LogP contribution is -2.18. The molecule has 0 spiro atoms. The van der Waals surface area contributed by atoms with Gasteiger partial charge in [0.25, 0.3) is 5.91 Å². The molecule has 5 rings (SSSR count). The molecule has 1 N–H and O–H groups in total. The maximum absolute atomic E-state index is 13.0. The predicted molar refractivity (Wildman–Crippen MR) is 123 cm³/mol. The molecule has 0 saturated heterocycles. The van der Waals surface area contributed by atoms with Crippen LogP contribution in [0.25, 0.3) is 22.2 Å². The number of carbonyl (C=O) groups is 1. The minimum Gasteiger partial charge on any atom is -0.454 e. The van der Waals surface area contributed by atoms with Crippen LogP contribution in [0.2, 0.25) is 0 Å². The Kier molecular flexibility index (Phi) is 5.09. The van der Waals surface area contributed by atoms with E-state index in [2.05, 4.69) is 26.5 Å². The summed E-state index contributed by atoms with van der Waals surface area (Å²) in [5.74, 6) is 0.997. The van der Waals surface area contributed by atoms with Crippen LogP contribution in [0.5, 0.6) is 11.5 Å². The van der Waals surface area contributed by atoms with Crippen molar-refractivity contribution >= 4 is 39.0 Å². The molecule has 0 atom stereocenters. The molecule has 0 fully saturated rings. The van der Waals surface area contributed by atoms with E-state index in [0.29, 0.717) is 17.1 Å². The first-order chi connectivity index (χ1) is 15.2. The number of ether oxygens (including phenoxy) is 2. The Hall–Kier alpha value is -3.71. The zero-order chi connectivity index (χ0) is 21.2. The monoisotopic (exact) mass is 473 g/mol. The van der Waals surface area contributed by atoms with Gasteiger partial charge in [0.05, 0.1) is 23.0 Å². The second-order valence-electron chi connectivity index (χ2n) is 6.86. The number of aromatic nitrogens is 1. The van der Waals surface area contributed by atoms with Crippen molar-refractivity contribution in [1.29, 1.82) is 0 Å². The summed E-state index contributed by atoms with van der Waals surface area (Å²) in [6, 6.07) is 22.7. The fraction of sp³-hybridized carbons (Fsp3) is 0.0417. The van der Waals surface area contributed by atoms with Crippen LogP contribution in [0.1, 0.15) is 15.9 Å². The molecule has 1 aromatic heterocycles. The first kappa shape index (κ1) is 19.3. The van der Waals surface area contributed by atoms with Gasteiger partial charge in [-0.3, -0.25) is 4.79 Å². The second kappa shape index (κ2) is 8.20. The molecule has 1 amide bonds. The van der Waals surface area contributed by atoms with E-state index in [4.69, 9.17) is 14.5 Å². The van der Waals surface area contributed by atoms with Crippen molar-refractivity contribution < 1.29 is 14.3 Å². The summed E-state index contributed by atoms with van der Waals surface area (Å²) >= 11 is 3.48. The Morgan fingerprint density at radius 3 is 2.58 bits per heavy atom. The summed E-state index contributed by atoms with van der Waals surface area (Å²) in [6.45, 7) is 0.192. The maximum atomic E-state index is 13.0. The van der Waals surface area contributed by atoms with Gasteiger partial charge in [-0.15, -0.1) is 0 Å². The largest absolute Gasteiger partial charge is 0.454 e. The topological polar surface area (TPSA) is 72.8 Å². The van der Waals surface area contributed by atoms with Gasteiger partial charge < -0.3 is 9.47 Å². The summed E-state index contributed by atoms with van der Waals surface area (Å²) in [7, 11) is 0. The number of para-hydroxylation sites is 1. The molecule has 3 aromatic carbocycles. The number of nitrogens with one attached hydrogen (secondary N) is 1. The van der Waals surface area contributed by atoms with Gasteiger partial charge in [0.1, 0.15) is 0 Å². The summed E-state index contributed by atoms with van der Waals surface area (Å²) < 4.78 is 11.5. The molecule has 1 aliphatic rings. The zero-order valence-corrected chi connectivity index (χ0v) is 17.8. The quantitative estimate of drug-likeness (QED) is 0.328. The second-order valence-corrected chi connectivity index (χ2v) is 7.72. The molecule has 152 valence electrons. The van der Waals surface area contributed by atoms with E-state index in [0.717, 1.165) is 32.2 Å². The van der Waals surface area contributed by atoms with Gasteiger partial charge in [-0.25, -0.2) is 10.4 Å². The van der Waals surface area contributed by atoms with Crippen molar-refractivity contribution in [2.45, 2.75) is 0 Å². The van der Waals surface area contributed by atoms with E-state index in [-0.39, 0.29) is 12.7 Å². The van der Waals surface area contributed by atoms with E-state index >= 15 is 0 Å². The highest BCUT2D eigenvalue weighted by Crippen LogP contribution is 2.36. The highest BCUT2D eigenvalue weighted by molar-refractivity contribution is 9.10. The van der Waals surface area contributed by atoms with Gasteiger partial charge in [-0.2, -0.15) is 5.10 Å². The van der Waals surface area contributed by atoms with Crippen LogP contribution >= 0.6 is 15.9 Å². The van der Waals surface area contributed by atoms with Crippen molar-refractivity contribution in [2.75, 3.05) is 6.79 Å². The van der Waals surface area contributed by atoms with Crippen molar-refractivity contribution in [2.24, 2.45) is 5.10 Å².